The van der Waals surface area contributed by atoms with E-state index in [1.54, 1.807) is 38.5 Å². The van der Waals surface area contributed by atoms with Crippen molar-refractivity contribution < 1.29 is 18.7 Å². The maximum absolute atomic E-state index is 12.1. The van der Waals surface area contributed by atoms with Gasteiger partial charge in [0.15, 0.2) is 11.3 Å². The number of benzene rings is 2. The monoisotopic (exact) mass is 371 g/mol. The first-order valence-electron chi connectivity index (χ1n) is 7.95. The number of ether oxygens (including phenoxy) is 2. The number of carbonyl (C=O) groups is 1. The molecule has 1 amide bonds. The van der Waals surface area contributed by atoms with Gasteiger partial charge in [0, 0.05) is 34.7 Å². The minimum Gasteiger partial charge on any atom is -0.496 e. The number of amides is 1. The van der Waals surface area contributed by atoms with Crippen molar-refractivity contribution in [1.29, 1.82) is 0 Å². The normalized spacial score (nSPS) is 11.0. The smallest absolute Gasteiger partial charge is 0.244 e. The fraction of sp³-hybridized carbons (Fsp3) is 0.150. The number of rotatable bonds is 6. The molecule has 0 aliphatic rings. The average molecular weight is 372 g/mol. The van der Waals surface area contributed by atoms with Gasteiger partial charge in [0.1, 0.15) is 11.5 Å². The molecule has 3 rings (SSSR count). The van der Waals surface area contributed by atoms with Crippen molar-refractivity contribution in [2.75, 3.05) is 14.2 Å². The van der Waals surface area contributed by atoms with Crippen molar-refractivity contribution in [3.63, 3.8) is 0 Å². The van der Waals surface area contributed by atoms with Crippen LogP contribution in [0.3, 0.4) is 0 Å². The minimum absolute atomic E-state index is 0.235. The zero-order valence-electron chi connectivity index (χ0n) is 14.4. The summed E-state index contributed by atoms with van der Waals surface area (Å²) in [6, 6.07) is 12.8. The van der Waals surface area contributed by atoms with Crippen LogP contribution in [-0.2, 0) is 11.3 Å². The van der Waals surface area contributed by atoms with Crippen molar-refractivity contribution in [1.82, 2.24) is 5.32 Å². The SMILES string of the molecule is COc1ccccc1CNC(=O)/C=C/c1cc2cc(Cl)cc(OC)c2o1. The van der Waals surface area contributed by atoms with Crippen molar-refractivity contribution in [3.8, 4) is 11.5 Å². The van der Waals surface area contributed by atoms with E-state index < -0.39 is 0 Å². The molecule has 0 spiro atoms. The van der Waals surface area contributed by atoms with Crippen molar-refractivity contribution in [3.05, 3.63) is 64.9 Å². The topological polar surface area (TPSA) is 60.7 Å². The Morgan fingerprint density at radius 1 is 1.15 bits per heavy atom. The van der Waals surface area contributed by atoms with E-state index in [1.807, 2.05) is 24.3 Å². The minimum atomic E-state index is -0.235. The highest BCUT2D eigenvalue weighted by Gasteiger charge is 2.10. The molecule has 0 bridgehead atoms. The van der Waals surface area contributed by atoms with Crippen LogP contribution in [0.2, 0.25) is 5.02 Å². The number of methoxy groups -OCH3 is 2. The molecule has 0 unspecified atom stereocenters. The van der Waals surface area contributed by atoms with E-state index in [9.17, 15) is 4.79 Å². The Morgan fingerprint density at radius 2 is 1.92 bits per heavy atom. The molecule has 3 aromatic rings. The second kappa shape index (κ2) is 7.97. The predicted molar refractivity (Wildman–Crippen MR) is 102 cm³/mol. The number of hydrogen-bond donors (Lipinski definition) is 1. The molecule has 1 aromatic heterocycles. The molecule has 0 atom stereocenters. The van der Waals surface area contributed by atoms with Gasteiger partial charge in [-0.3, -0.25) is 4.79 Å². The van der Waals surface area contributed by atoms with Crippen LogP contribution in [0.25, 0.3) is 17.0 Å². The summed E-state index contributed by atoms with van der Waals surface area (Å²) in [5.74, 6) is 1.58. The lowest BCUT2D eigenvalue weighted by Crippen LogP contribution is -2.20. The van der Waals surface area contributed by atoms with Gasteiger partial charge in [-0.25, -0.2) is 0 Å². The molecule has 0 saturated carbocycles. The van der Waals surface area contributed by atoms with Crippen LogP contribution < -0.4 is 14.8 Å². The summed E-state index contributed by atoms with van der Waals surface area (Å²) >= 11 is 6.05. The molecule has 6 heteroatoms. The van der Waals surface area contributed by atoms with Gasteiger partial charge in [0.05, 0.1) is 14.2 Å². The lowest BCUT2D eigenvalue weighted by molar-refractivity contribution is -0.116. The van der Waals surface area contributed by atoms with E-state index in [2.05, 4.69) is 5.32 Å². The highest BCUT2D eigenvalue weighted by molar-refractivity contribution is 6.31. The molecule has 1 heterocycles. The number of para-hydroxylation sites is 1. The highest BCUT2D eigenvalue weighted by Crippen LogP contribution is 2.32. The summed E-state index contributed by atoms with van der Waals surface area (Å²) in [7, 11) is 3.15. The third kappa shape index (κ3) is 4.00. The van der Waals surface area contributed by atoms with Gasteiger partial charge in [0.25, 0.3) is 0 Å². The van der Waals surface area contributed by atoms with Gasteiger partial charge in [-0.05, 0) is 24.3 Å². The van der Waals surface area contributed by atoms with E-state index in [0.29, 0.717) is 28.7 Å². The van der Waals surface area contributed by atoms with Gasteiger partial charge in [-0.1, -0.05) is 29.8 Å². The summed E-state index contributed by atoms with van der Waals surface area (Å²) in [6.07, 6.45) is 3.02. The van der Waals surface area contributed by atoms with E-state index >= 15 is 0 Å². The lowest BCUT2D eigenvalue weighted by Gasteiger charge is -2.08. The van der Waals surface area contributed by atoms with Crippen molar-refractivity contribution in [2.24, 2.45) is 0 Å². The van der Waals surface area contributed by atoms with Crippen LogP contribution in [0.4, 0.5) is 0 Å². The van der Waals surface area contributed by atoms with Crippen LogP contribution in [-0.4, -0.2) is 20.1 Å². The molecule has 2 aromatic carbocycles. The first-order valence-corrected chi connectivity index (χ1v) is 8.33. The van der Waals surface area contributed by atoms with Crippen LogP contribution in [0.1, 0.15) is 11.3 Å². The molecule has 0 aliphatic carbocycles. The number of hydrogen-bond acceptors (Lipinski definition) is 4. The molecule has 26 heavy (non-hydrogen) atoms. The molecule has 0 aliphatic heterocycles. The fourth-order valence-corrected chi connectivity index (χ4v) is 2.80. The predicted octanol–water partition coefficient (Wildman–Crippen LogP) is 4.43. The Kier molecular flexibility index (Phi) is 5.49. The second-order valence-corrected chi connectivity index (χ2v) is 5.97. The van der Waals surface area contributed by atoms with Crippen LogP contribution in [0.15, 0.2) is 53.0 Å². The Bertz CT molecular complexity index is 962. The van der Waals surface area contributed by atoms with E-state index in [0.717, 1.165) is 16.7 Å². The molecule has 134 valence electrons. The maximum atomic E-state index is 12.1. The number of carbonyl (C=O) groups excluding carboxylic acids is 1. The summed E-state index contributed by atoms with van der Waals surface area (Å²) in [4.78, 5) is 12.1. The maximum Gasteiger partial charge on any atom is 0.244 e. The van der Waals surface area contributed by atoms with Gasteiger partial charge < -0.3 is 19.2 Å². The molecular formula is C20H18ClNO4. The van der Waals surface area contributed by atoms with Crippen LogP contribution in [0, 0.1) is 0 Å². The summed E-state index contributed by atoms with van der Waals surface area (Å²) < 4.78 is 16.3. The number of furan rings is 1. The van der Waals surface area contributed by atoms with Crippen LogP contribution in [0.5, 0.6) is 11.5 Å². The van der Waals surface area contributed by atoms with Crippen molar-refractivity contribution >= 4 is 34.6 Å². The molecule has 5 nitrogen and oxygen atoms in total. The van der Waals surface area contributed by atoms with Gasteiger partial charge in [-0.2, -0.15) is 0 Å². The molecule has 0 fully saturated rings. The standard InChI is InChI=1S/C20H18ClNO4/c1-24-17-6-4-3-5-13(17)12-22-19(23)8-7-16-10-14-9-15(21)11-18(25-2)20(14)26-16/h3-11H,12H2,1-2H3,(H,22,23)/b8-7+. The third-order valence-electron chi connectivity index (χ3n) is 3.83. The first-order chi connectivity index (χ1) is 12.6. The number of fused-ring (bicyclic) bond motifs is 1. The molecule has 1 N–H and O–H groups in total. The van der Waals surface area contributed by atoms with E-state index in [1.165, 1.54) is 6.08 Å². The Labute approximate surface area is 156 Å². The fourth-order valence-electron chi connectivity index (χ4n) is 2.59. The van der Waals surface area contributed by atoms with Crippen LogP contribution >= 0.6 is 11.6 Å². The molecule has 0 saturated heterocycles. The Morgan fingerprint density at radius 3 is 2.69 bits per heavy atom. The zero-order valence-corrected chi connectivity index (χ0v) is 15.2. The summed E-state index contributed by atoms with van der Waals surface area (Å²) in [5, 5.41) is 4.18. The molecular weight excluding hydrogens is 354 g/mol. The Hall–Kier alpha value is -2.92. The van der Waals surface area contributed by atoms with Gasteiger partial charge in [0.2, 0.25) is 5.91 Å². The third-order valence-corrected chi connectivity index (χ3v) is 4.05. The van der Waals surface area contributed by atoms with E-state index in [-0.39, 0.29) is 5.91 Å². The van der Waals surface area contributed by atoms with Crippen molar-refractivity contribution in [2.45, 2.75) is 6.54 Å². The van der Waals surface area contributed by atoms with Gasteiger partial charge >= 0.3 is 0 Å². The molecule has 0 radical (unpaired) electrons. The average Bonchev–Trinajstić information content (AvgIpc) is 3.06. The number of nitrogens with one attached hydrogen (secondary N) is 1. The zero-order chi connectivity index (χ0) is 18.5. The highest BCUT2D eigenvalue weighted by atomic mass is 35.5. The number of halogens is 1. The van der Waals surface area contributed by atoms with Gasteiger partial charge in [-0.15, -0.1) is 0 Å². The largest absolute Gasteiger partial charge is 0.496 e. The second-order valence-electron chi connectivity index (χ2n) is 5.54. The Balaban J connectivity index is 1.69. The summed E-state index contributed by atoms with van der Waals surface area (Å²) in [5.41, 5.74) is 1.49. The summed E-state index contributed by atoms with van der Waals surface area (Å²) in [6.45, 7) is 0.372. The quantitative estimate of drug-likeness (QED) is 0.651. The van der Waals surface area contributed by atoms with E-state index in [4.69, 9.17) is 25.5 Å². The lowest BCUT2D eigenvalue weighted by atomic mass is 10.2. The first kappa shape index (κ1) is 17.9.